The zero-order valence-electron chi connectivity index (χ0n) is 16.9. The van der Waals surface area contributed by atoms with Crippen molar-refractivity contribution in [3.8, 4) is 17.1 Å². The lowest BCUT2D eigenvalue weighted by atomic mass is 10.2. The van der Waals surface area contributed by atoms with E-state index in [1.54, 1.807) is 11.3 Å². The molecule has 0 aliphatic rings. The standard InChI is InChI=1S/C23H21ClN4OS2/c1-16(22(29)25-14-13-20-8-5-15-30-20)31-23-27-26-21(17-9-11-18(24)12-10-17)28(23)19-6-3-2-4-7-19/h2-12,15-16H,13-14H2,1H3,(H,25,29). The molecule has 1 atom stereocenters. The Hall–Kier alpha value is -2.61. The van der Waals surface area contributed by atoms with E-state index in [1.165, 1.54) is 16.6 Å². The zero-order valence-corrected chi connectivity index (χ0v) is 19.3. The summed E-state index contributed by atoms with van der Waals surface area (Å²) in [6.45, 7) is 2.50. The van der Waals surface area contributed by atoms with Gasteiger partial charge in [-0.25, -0.2) is 0 Å². The number of thioether (sulfide) groups is 1. The molecule has 1 N–H and O–H groups in total. The van der Waals surface area contributed by atoms with Gasteiger partial charge in [0.2, 0.25) is 5.91 Å². The molecule has 5 nitrogen and oxygen atoms in total. The lowest BCUT2D eigenvalue weighted by Gasteiger charge is -2.14. The van der Waals surface area contributed by atoms with Crippen LogP contribution in [-0.4, -0.2) is 32.5 Å². The number of nitrogens with one attached hydrogen (secondary N) is 1. The molecule has 0 saturated heterocycles. The number of halogens is 1. The molecular weight excluding hydrogens is 448 g/mol. The van der Waals surface area contributed by atoms with Crippen LogP contribution in [0.1, 0.15) is 11.8 Å². The first-order chi connectivity index (χ1) is 15.1. The van der Waals surface area contributed by atoms with Gasteiger partial charge in [0.15, 0.2) is 11.0 Å². The Balaban J connectivity index is 1.53. The Labute approximate surface area is 194 Å². The predicted octanol–water partition coefficient (Wildman–Crippen LogP) is 5.49. The van der Waals surface area contributed by atoms with Crippen molar-refractivity contribution in [1.82, 2.24) is 20.1 Å². The summed E-state index contributed by atoms with van der Waals surface area (Å²) in [6, 6.07) is 21.5. The van der Waals surface area contributed by atoms with Crippen molar-refractivity contribution in [2.75, 3.05) is 6.54 Å². The maximum absolute atomic E-state index is 12.6. The van der Waals surface area contributed by atoms with Crippen LogP contribution >= 0.6 is 34.7 Å². The molecule has 2 aromatic carbocycles. The van der Waals surface area contributed by atoms with Crippen molar-refractivity contribution < 1.29 is 4.79 Å². The number of aromatic nitrogens is 3. The molecule has 0 saturated carbocycles. The lowest BCUT2D eigenvalue weighted by Crippen LogP contribution is -2.32. The summed E-state index contributed by atoms with van der Waals surface area (Å²) in [6.07, 6.45) is 0.835. The summed E-state index contributed by atoms with van der Waals surface area (Å²) < 4.78 is 1.98. The molecule has 31 heavy (non-hydrogen) atoms. The highest BCUT2D eigenvalue weighted by Gasteiger charge is 2.21. The number of benzene rings is 2. The van der Waals surface area contributed by atoms with Crippen LogP contribution in [0.15, 0.2) is 77.3 Å². The summed E-state index contributed by atoms with van der Waals surface area (Å²) in [7, 11) is 0. The van der Waals surface area contributed by atoms with E-state index in [0.717, 1.165) is 17.7 Å². The monoisotopic (exact) mass is 468 g/mol. The van der Waals surface area contributed by atoms with Crippen LogP contribution in [0.2, 0.25) is 5.02 Å². The molecule has 4 aromatic rings. The van der Waals surface area contributed by atoms with Crippen LogP contribution in [0.5, 0.6) is 0 Å². The third-order valence-electron chi connectivity index (χ3n) is 4.65. The minimum Gasteiger partial charge on any atom is -0.355 e. The van der Waals surface area contributed by atoms with Gasteiger partial charge in [-0.15, -0.1) is 21.5 Å². The quantitative estimate of drug-likeness (QED) is 0.347. The van der Waals surface area contributed by atoms with Gasteiger partial charge in [-0.2, -0.15) is 0 Å². The van der Waals surface area contributed by atoms with E-state index in [9.17, 15) is 4.79 Å². The summed E-state index contributed by atoms with van der Waals surface area (Å²) in [5, 5.41) is 14.9. The predicted molar refractivity (Wildman–Crippen MR) is 128 cm³/mol. The smallest absolute Gasteiger partial charge is 0.233 e. The van der Waals surface area contributed by atoms with Crippen molar-refractivity contribution in [2.24, 2.45) is 0 Å². The number of amides is 1. The number of hydrogen-bond donors (Lipinski definition) is 1. The topological polar surface area (TPSA) is 59.8 Å². The third kappa shape index (κ3) is 5.36. The molecule has 158 valence electrons. The fourth-order valence-corrected chi connectivity index (χ4v) is 4.79. The first-order valence-electron chi connectivity index (χ1n) is 9.85. The minimum absolute atomic E-state index is 0.0165. The summed E-state index contributed by atoms with van der Waals surface area (Å²) >= 11 is 9.14. The Morgan fingerprint density at radius 2 is 1.87 bits per heavy atom. The number of carbonyl (C=O) groups excluding carboxylic acids is 1. The van der Waals surface area contributed by atoms with E-state index in [2.05, 4.69) is 21.6 Å². The van der Waals surface area contributed by atoms with Gasteiger partial charge in [-0.1, -0.05) is 47.6 Å². The second-order valence-electron chi connectivity index (χ2n) is 6.86. The van der Waals surface area contributed by atoms with Crippen LogP contribution in [0.3, 0.4) is 0 Å². The van der Waals surface area contributed by atoms with Gasteiger partial charge in [0.05, 0.1) is 5.25 Å². The lowest BCUT2D eigenvalue weighted by molar-refractivity contribution is -0.120. The SMILES string of the molecule is CC(Sc1nnc(-c2ccc(Cl)cc2)n1-c1ccccc1)C(=O)NCCc1cccs1. The molecule has 0 aliphatic heterocycles. The van der Waals surface area contributed by atoms with E-state index in [1.807, 2.05) is 77.5 Å². The fraction of sp³-hybridized carbons (Fsp3) is 0.174. The molecule has 0 fully saturated rings. The minimum atomic E-state index is -0.312. The second kappa shape index (κ2) is 10.1. The first kappa shape index (κ1) is 21.6. The van der Waals surface area contributed by atoms with E-state index in [-0.39, 0.29) is 11.2 Å². The van der Waals surface area contributed by atoms with Gasteiger partial charge >= 0.3 is 0 Å². The number of rotatable bonds is 8. The summed E-state index contributed by atoms with van der Waals surface area (Å²) in [4.78, 5) is 13.9. The van der Waals surface area contributed by atoms with Gasteiger partial charge in [-0.05, 0) is 61.2 Å². The molecule has 4 rings (SSSR count). The average molecular weight is 469 g/mol. The van der Waals surface area contributed by atoms with E-state index in [4.69, 9.17) is 11.6 Å². The van der Waals surface area contributed by atoms with E-state index >= 15 is 0 Å². The number of thiophene rings is 1. The van der Waals surface area contributed by atoms with Crippen LogP contribution in [-0.2, 0) is 11.2 Å². The van der Waals surface area contributed by atoms with Gasteiger partial charge < -0.3 is 5.32 Å². The van der Waals surface area contributed by atoms with Crippen molar-refractivity contribution in [3.05, 3.63) is 82.0 Å². The fourth-order valence-electron chi connectivity index (χ4n) is 3.06. The van der Waals surface area contributed by atoms with Crippen molar-refractivity contribution in [3.63, 3.8) is 0 Å². The Kier molecular flexibility index (Phi) is 7.06. The van der Waals surface area contributed by atoms with Crippen LogP contribution < -0.4 is 5.32 Å². The second-order valence-corrected chi connectivity index (χ2v) is 9.64. The molecule has 1 unspecified atom stereocenters. The largest absolute Gasteiger partial charge is 0.355 e. The van der Waals surface area contributed by atoms with Crippen molar-refractivity contribution in [2.45, 2.75) is 23.8 Å². The summed E-state index contributed by atoms with van der Waals surface area (Å²) in [5.74, 6) is 0.688. The first-order valence-corrected chi connectivity index (χ1v) is 12.0. The molecule has 0 aliphatic carbocycles. The molecular formula is C23H21ClN4OS2. The molecule has 0 spiro atoms. The number of hydrogen-bond acceptors (Lipinski definition) is 5. The van der Waals surface area contributed by atoms with Gasteiger partial charge in [0.25, 0.3) is 0 Å². The Morgan fingerprint density at radius 3 is 2.58 bits per heavy atom. The van der Waals surface area contributed by atoms with Crippen molar-refractivity contribution >= 4 is 40.6 Å². The number of carbonyl (C=O) groups is 1. The summed E-state index contributed by atoms with van der Waals surface area (Å²) in [5.41, 5.74) is 1.84. The average Bonchev–Trinajstić information content (AvgIpc) is 3.45. The van der Waals surface area contributed by atoms with Crippen LogP contribution in [0, 0.1) is 0 Å². The highest BCUT2D eigenvalue weighted by Crippen LogP contribution is 2.30. The van der Waals surface area contributed by atoms with Gasteiger partial charge in [-0.3, -0.25) is 9.36 Å². The highest BCUT2D eigenvalue weighted by molar-refractivity contribution is 8.00. The maximum atomic E-state index is 12.6. The maximum Gasteiger partial charge on any atom is 0.233 e. The highest BCUT2D eigenvalue weighted by atomic mass is 35.5. The Morgan fingerprint density at radius 1 is 1.10 bits per heavy atom. The van der Waals surface area contributed by atoms with Crippen molar-refractivity contribution in [1.29, 1.82) is 0 Å². The number of nitrogens with zero attached hydrogens (tertiary/aromatic N) is 3. The van der Waals surface area contributed by atoms with E-state index in [0.29, 0.717) is 22.5 Å². The molecule has 0 bridgehead atoms. The normalized spacial score (nSPS) is 11.9. The molecule has 0 radical (unpaired) electrons. The molecule has 1 amide bonds. The Bertz CT molecular complexity index is 1130. The molecule has 2 aromatic heterocycles. The molecule has 2 heterocycles. The third-order valence-corrected chi connectivity index (χ3v) is 6.88. The van der Waals surface area contributed by atoms with Crippen LogP contribution in [0.4, 0.5) is 0 Å². The van der Waals surface area contributed by atoms with Gasteiger partial charge in [0, 0.05) is 27.7 Å². The van der Waals surface area contributed by atoms with E-state index < -0.39 is 0 Å². The number of para-hydroxylation sites is 1. The molecule has 8 heteroatoms. The zero-order chi connectivity index (χ0) is 21.6. The van der Waals surface area contributed by atoms with Gasteiger partial charge in [0.1, 0.15) is 0 Å². The van der Waals surface area contributed by atoms with Crippen LogP contribution in [0.25, 0.3) is 17.1 Å².